The average Bonchev–Trinajstić information content (AvgIpc) is 2.67. The lowest BCUT2D eigenvalue weighted by atomic mass is 9.87. The van der Waals surface area contributed by atoms with Crippen LogP contribution in [0.1, 0.15) is 41.1 Å². The van der Waals surface area contributed by atoms with Crippen molar-refractivity contribution >= 4 is 5.91 Å². The molecule has 4 rings (SSSR count). The van der Waals surface area contributed by atoms with Crippen molar-refractivity contribution < 1.29 is 4.79 Å². The van der Waals surface area contributed by atoms with Crippen LogP contribution in [0, 0.1) is 0 Å². The molecule has 3 nitrogen and oxygen atoms in total. The number of hydrogen-bond donors (Lipinski definition) is 0. The van der Waals surface area contributed by atoms with Crippen LogP contribution >= 0.6 is 0 Å². The Bertz CT molecular complexity index is 770. The van der Waals surface area contributed by atoms with Gasteiger partial charge in [-0.05, 0) is 47.9 Å². The van der Waals surface area contributed by atoms with Crippen molar-refractivity contribution in [2.45, 2.75) is 38.3 Å². The monoisotopic (exact) mass is 334 g/mol. The summed E-state index contributed by atoms with van der Waals surface area (Å²) in [5.74, 6) is 0.237. The summed E-state index contributed by atoms with van der Waals surface area (Å²) in [5.41, 5.74) is 5.55. The molecule has 1 aliphatic carbocycles. The van der Waals surface area contributed by atoms with Crippen LogP contribution in [0.2, 0.25) is 0 Å². The molecule has 2 aliphatic rings. The first-order valence-electron chi connectivity index (χ1n) is 9.35. The molecule has 0 saturated carbocycles. The van der Waals surface area contributed by atoms with Crippen LogP contribution in [0.3, 0.4) is 0 Å². The van der Waals surface area contributed by atoms with Crippen molar-refractivity contribution in [3.05, 3.63) is 70.8 Å². The smallest absolute Gasteiger partial charge is 0.237 e. The minimum Gasteiger partial charge on any atom is -0.338 e. The Morgan fingerprint density at radius 1 is 1.04 bits per heavy atom. The Morgan fingerprint density at radius 3 is 2.60 bits per heavy atom. The van der Waals surface area contributed by atoms with Gasteiger partial charge in [0.05, 0.1) is 12.6 Å². The maximum Gasteiger partial charge on any atom is 0.237 e. The molecule has 0 bridgehead atoms. The molecule has 0 spiro atoms. The molecular formula is C22H26N2O. The first kappa shape index (κ1) is 16.3. The highest BCUT2D eigenvalue weighted by Crippen LogP contribution is 2.33. The fourth-order valence-electron chi connectivity index (χ4n) is 4.30. The van der Waals surface area contributed by atoms with E-state index in [1.54, 1.807) is 0 Å². The van der Waals surface area contributed by atoms with E-state index in [1.165, 1.54) is 22.3 Å². The second-order valence-corrected chi connectivity index (χ2v) is 7.34. The summed E-state index contributed by atoms with van der Waals surface area (Å²) >= 11 is 0. The van der Waals surface area contributed by atoms with Crippen molar-refractivity contribution in [1.82, 2.24) is 9.80 Å². The molecule has 1 heterocycles. The zero-order valence-corrected chi connectivity index (χ0v) is 14.9. The van der Waals surface area contributed by atoms with Gasteiger partial charge in [-0.1, -0.05) is 48.5 Å². The number of rotatable bonds is 3. The maximum atomic E-state index is 12.9. The minimum atomic E-state index is 0.231. The predicted molar refractivity (Wildman–Crippen MR) is 100 cm³/mol. The molecule has 0 aromatic heterocycles. The summed E-state index contributed by atoms with van der Waals surface area (Å²) in [4.78, 5) is 17.2. The van der Waals surface area contributed by atoms with E-state index in [0.29, 0.717) is 6.54 Å². The fourth-order valence-corrected chi connectivity index (χ4v) is 4.30. The first-order valence-corrected chi connectivity index (χ1v) is 9.35. The van der Waals surface area contributed by atoms with E-state index in [1.807, 2.05) is 11.9 Å². The number of carbonyl (C=O) groups is 1. The maximum absolute atomic E-state index is 12.9. The van der Waals surface area contributed by atoms with Gasteiger partial charge in [-0.2, -0.15) is 0 Å². The zero-order valence-electron chi connectivity index (χ0n) is 14.9. The molecule has 0 saturated heterocycles. The van der Waals surface area contributed by atoms with Gasteiger partial charge in [0.2, 0.25) is 5.91 Å². The van der Waals surface area contributed by atoms with Gasteiger partial charge in [-0.3, -0.25) is 9.69 Å². The standard InChI is InChI=1S/C22H26N2O/c1-23(21-12-6-10-18-8-4-5-11-20(18)21)22(25)16-24-14-13-17-7-2-3-9-19(17)15-24/h2-5,7-9,11,21H,6,10,12-16H2,1H3/t21-/m1/s1. The molecule has 1 aliphatic heterocycles. The van der Waals surface area contributed by atoms with Gasteiger partial charge in [0.25, 0.3) is 0 Å². The van der Waals surface area contributed by atoms with Crippen LogP contribution in [0.25, 0.3) is 0 Å². The molecule has 2 aromatic rings. The number of nitrogens with zero attached hydrogens (tertiary/aromatic N) is 2. The lowest BCUT2D eigenvalue weighted by Gasteiger charge is -2.35. The van der Waals surface area contributed by atoms with Crippen LogP contribution in [0.15, 0.2) is 48.5 Å². The second-order valence-electron chi connectivity index (χ2n) is 7.34. The SMILES string of the molecule is CN(C(=O)CN1CCc2ccccc2C1)[C@@H]1CCCc2ccccc21. The topological polar surface area (TPSA) is 23.6 Å². The molecule has 130 valence electrons. The highest BCUT2D eigenvalue weighted by Gasteiger charge is 2.28. The van der Waals surface area contributed by atoms with Crippen molar-refractivity contribution in [2.24, 2.45) is 0 Å². The normalized spacial score (nSPS) is 19.8. The molecule has 0 N–H and O–H groups in total. The molecule has 1 atom stereocenters. The van der Waals surface area contributed by atoms with Gasteiger partial charge in [-0.15, -0.1) is 0 Å². The summed E-state index contributed by atoms with van der Waals surface area (Å²) in [7, 11) is 1.98. The molecule has 0 radical (unpaired) electrons. The average molecular weight is 334 g/mol. The molecule has 1 amide bonds. The number of fused-ring (bicyclic) bond motifs is 2. The lowest BCUT2D eigenvalue weighted by Crippen LogP contribution is -2.42. The molecule has 2 aromatic carbocycles. The quantitative estimate of drug-likeness (QED) is 0.856. The van der Waals surface area contributed by atoms with Crippen LogP contribution in [0.5, 0.6) is 0 Å². The zero-order chi connectivity index (χ0) is 17.2. The molecule has 3 heteroatoms. The number of aryl methyl sites for hydroxylation is 1. The van der Waals surface area contributed by atoms with Gasteiger partial charge in [0.1, 0.15) is 0 Å². The van der Waals surface area contributed by atoms with Crippen molar-refractivity contribution in [1.29, 1.82) is 0 Å². The number of carbonyl (C=O) groups excluding carboxylic acids is 1. The third kappa shape index (κ3) is 3.34. The Balaban J connectivity index is 1.44. The summed E-state index contributed by atoms with van der Waals surface area (Å²) < 4.78 is 0. The third-order valence-corrected chi connectivity index (χ3v) is 5.77. The van der Waals surface area contributed by atoms with Gasteiger partial charge in [0.15, 0.2) is 0 Å². The van der Waals surface area contributed by atoms with Gasteiger partial charge >= 0.3 is 0 Å². The van der Waals surface area contributed by atoms with Crippen LogP contribution in [-0.4, -0.2) is 35.8 Å². The van der Waals surface area contributed by atoms with Crippen LogP contribution in [-0.2, 0) is 24.2 Å². The Labute approximate surface area is 150 Å². The van der Waals surface area contributed by atoms with Crippen molar-refractivity contribution in [3.8, 4) is 0 Å². The summed E-state index contributed by atoms with van der Waals surface area (Å²) in [6, 6.07) is 17.4. The molecular weight excluding hydrogens is 308 g/mol. The molecule has 0 unspecified atom stereocenters. The van der Waals surface area contributed by atoms with E-state index in [-0.39, 0.29) is 11.9 Å². The van der Waals surface area contributed by atoms with E-state index in [4.69, 9.17) is 0 Å². The van der Waals surface area contributed by atoms with Crippen molar-refractivity contribution in [2.75, 3.05) is 20.1 Å². The highest BCUT2D eigenvalue weighted by atomic mass is 16.2. The Hall–Kier alpha value is -2.13. The number of hydrogen-bond acceptors (Lipinski definition) is 2. The second kappa shape index (κ2) is 7.01. The van der Waals surface area contributed by atoms with Gasteiger partial charge < -0.3 is 4.90 Å². The van der Waals surface area contributed by atoms with E-state index in [2.05, 4.69) is 53.4 Å². The third-order valence-electron chi connectivity index (χ3n) is 5.77. The molecule has 0 fully saturated rings. The first-order chi connectivity index (χ1) is 12.2. The van der Waals surface area contributed by atoms with E-state index >= 15 is 0 Å². The van der Waals surface area contributed by atoms with Crippen LogP contribution < -0.4 is 0 Å². The van der Waals surface area contributed by atoms with Gasteiger partial charge in [-0.25, -0.2) is 0 Å². The van der Waals surface area contributed by atoms with Gasteiger partial charge in [0, 0.05) is 20.1 Å². The Kier molecular flexibility index (Phi) is 4.58. The molecule has 25 heavy (non-hydrogen) atoms. The van der Waals surface area contributed by atoms with E-state index in [9.17, 15) is 4.79 Å². The van der Waals surface area contributed by atoms with E-state index < -0.39 is 0 Å². The summed E-state index contributed by atoms with van der Waals surface area (Å²) in [6.07, 6.45) is 4.41. The van der Waals surface area contributed by atoms with Crippen molar-refractivity contribution in [3.63, 3.8) is 0 Å². The summed E-state index contributed by atoms with van der Waals surface area (Å²) in [6.45, 7) is 2.37. The largest absolute Gasteiger partial charge is 0.338 e. The minimum absolute atomic E-state index is 0.231. The Morgan fingerprint density at radius 2 is 1.76 bits per heavy atom. The number of likely N-dealkylation sites (N-methyl/N-ethyl adjacent to an activating group) is 1. The number of amides is 1. The van der Waals surface area contributed by atoms with Crippen LogP contribution in [0.4, 0.5) is 0 Å². The lowest BCUT2D eigenvalue weighted by molar-refractivity contribution is -0.133. The fraction of sp³-hybridized carbons (Fsp3) is 0.409. The number of benzene rings is 2. The van der Waals surface area contributed by atoms with E-state index in [0.717, 1.165) is 38.8 Å². The predicted octanol–water partition coefficient (Wildman–Crippen LogP) is 3.58. The summed E-state index contributed by atoms with van der Waals surface area (Å²) in [5, 5.41) is 0. The highest BCUT2D eigenvalue weighted by molar-refractivity contribution is 5.78.